The predicted octanol–water partition coefficient (Wildman–Crippen LogP) is 3.92. The molecule has 1 aliphatic rings. The van der Waals surface area contributed by atoms with Gasteiger partial charge in [0.05, 0.1) is 8.07 Å². The van der Waals surface area contributed by atoms with Gasteiger partial charge in [0, 0.05) is 19.4 Å². The average molecular weight is 332 g/mol. The molecule has 1 heterocycles. The van der Waals surface area contributed by atoms with Gasteiger partial charge in [-0.1, -0.05) is 62.1 Å². The molecule has 1 amide bonds. The lowest BCUT2D eigenvalue weighted by Gasteiger charge is -2.26. The Labute approximate surface area is 141 Å². The number of hydrogen-bond acceptors (Lipinski definition) is 2. The highest BCUT2D eigenvalue weighted by molar-refractivity contribution is 6.78. The minimum Gasteiger partial charge on any atom is -0.374 e. The topological polar surface area (TPSA) is 40.5 Å². The molecule has 1 fully saturated rings. The fraction of sp³-hybridized carbons (Fsp3) is 0.526. The zero-order chi connectivity index (χ0) is 16.9. The maximum absolute atomic E-state index is 11.6. The van der Waals surface area contributed by atoms with Gasteiger partial charge in [0.25, 0.3) is 0 Å². The van der Waals surface area contributed by atoms with E-state index in [0.29, 0.717) is 24.9 Å². The van der Waals surface area contributed by atoms with Gasteiger partial charge in [0.15, 0.2) is 0 Å². The molecule has 1 aromatic rings. The van der Waals surface area contributed by atoms with Crippen LogP contribution in [0, 0.1) is 0 Å². The van der Waals surface area contributed by atoms with Gasteiger partial charge < -0.3 is 10.0 Å². The van der Waals surface area contributed by atoms with Crippen LogP contribution in [0.5, 0.6) is 0 Å². The van der Waals surface area contributed by atoms with Crippen molar-refractivity contribution in [3.63, 3.8) is 0 Å². The van der Waals surface area contributed by atoms with Crippen molar-refractivity contribution in [1.29, 1.82) is 0 Å². The fourth-order valence-electron chi connectivity index (χ4n) is 3.16. The molecule has 0 saturated carbocycles. The standard InChI is InChI=1S/C19H29NO2Si/c1-23(2,3)17(16-10-6-4-7-11-16)12-8-5-9-15-20-18(21)13-14-19(20)22/h4,6-8,10-12,17-18,21H,5,9,13-15H2,1-3H3/b12-8+/t17-,18?/m0/s1. The molecule has 0 aromatic heterocycles. The normalized spacial score (nSPS) is 20.4. The van der Waals surface area contributed by atoms with Gasteiger partial charge >= 0.3 is 0 Å². The molecule has 0 aliphatic carbocycles. The van der Waals surface area contributed by atoms with Crippen molar-refractivity contribution in [2.24, 2.45) is 0 Å². The van der Waals surface area contributed by atoms with Gasteiger partial charge in [0.2, 0.25) is 5.91 Å². The highest BCUT2D eigenvalue weighted by Crippen LogP contribution is 2.28. The van der Waals surface area contributed by atoms with Crippen LogP contribution >= 0.6 is 0 Å². The second-order valence-corrected chi connectivity index (χ2v) is 12.8. The first kappa shape index (κ1) is 18.0. The second-order valence-electron chi connectivity index (χ2n) is 7.43. The van der Waals surface area contributed by atoms with Gasteiger partial charge in [-0.3, -0.25) is 4.79 Å². The highest BCUT2D eigenvalue weighted by Gasteiger charge is 2.28. The number of nitrogens with zero attached hydrogens (tertiary/aromatic N) is 1. The number of carbonyl (C=O) groups excluding carboxylic acids is 1. The number of allylic oxidation sites excluding steroid dienone is 2. The molecule has 2 atom stereocenters. The van der Waals surface area contributed by atoms with Crippen molar-refractivity contribution in [2.45, 2.75) is 57.1 Å². The summed E-state index contributed by atoms with van der Waals surface area (Å²) < 4.78 is 0. The smallest absolute Gasteiger partial charge is 0.224 e. The Balaban J connectivity index is 1.88. The van der Waals surface area contributed by atoms with Crippen molar-refractivity contribution in [3.05, 3.63) is 48.0 Å². The molecule has 1 unspecified atom stereocenters. The van der Waals surface area contributed by atoms with Crippen LogP contribution in [0.2, 0.25) is 19.6 Å². The third-order valence-corrected chi connectivity index (χ3v) is 6.88. The molecule has 3 nitrogen and oxygen atoms in total. The first-order valence-corrected chi connectivity index (χ1v) is 12.2. The average Bonchev–Trinajstić information content (AvgIpc) is 2.82. The molecule has 1 aromatic carbocycles. The Morgan fingerprint density at radius 3 is 2.57 bits per heavy atom. The van der Waals surface area contributed by atoms with Gasteiger partial charge in [-0.2, -0.15) is 0 Å². The molecule has 0 radical (unpaired) electrons. The molecule has 0 spiro atoms. The van der Waals surface area contributed by atoms with Crippen LogP contribution < -0.4 is 0 Å². The summed E-state index contributed by atoms with van der Waals surface area (Å²) in [6, 6.07) is 10.7. The first-order valence-electron chi connectivity index (χ1n) is 8.59. The van der Waals surface area contributed by atoms with Gasteiger partial charge in [-0.25, -0.2) is 0 Å². The zero-order valence-electron chi connectivity index (χ0n) is 14.5. The van der Waals surface area contributed by atoms with E-state index in [1.54, 1.807) is 4.90 Å². The van der Waals surface area contributed by atoms with Crippen LogP contribution in [0.25, 0.3) is 0 Å². The molecule has 0 bridgehead atoms. The molecular formula is C19H29NO2Si. The maximum atomic E-state index is 11.6. The van der Waals surface area contributed by atoms with E-state index in [-0.39, 0.29) is 5.91 Å². The lowest BCUT2D eigenvalue weighted by atomic mass is 10.1. The van der Waals surface area contributed by atoms with Gasteiger partial charge in [-0.05, 0) is 23.9 Å². The molecule has 1 N–H and O–H groups in total. The van der Waals surface area contributed by atoms with E-state index < -0.39 is 14.3 Å². The molecule has 1 saturated heterocycles. The third-order valence-electron chi connectivity index (χ3n) is 4.49. The molecule has 23 heavy (non-hydrogen) atoms. The predicted molar refractivity (Wildman–Crippen MR) is 97.9 cm³/mol. The van der Waals surface area contributed by atoms with E-state index in [2.05, 4.69) is 62.1 Å². The summed E-state index contributed by atoms with van der Waals surface area (Å²) in [5, 5.41) is 9.75. The van der Waals surface area contributed by atoms with E-state index in [1.807, 2.05) is 0 Å². The Bertz CT molecular complexity index is 536. The minimum absolute atomic E-state index is 0.0886. The highest BCUT2D eigenvalue weighted by atomic mass is 28.3. The Morgan fingerprint density at radius 2 is 2.00 bits per heavy atom. The SMILES string of the molecule is C[Si](C)(C)[C@@H](/C=C/CCCN1C(=O)CCC1O)c1ccccc1. The lowest BCUT2D eigenvalue weighted by molar-refractivity contribution is -0.133. The number of carbonyl (C=O) groups is 1. The number of aliphatic hydroxyl groups excluding tert-OH is 1. The van der Waals surface area contributed by atoms with Crippen molar-refractivity contribution < 1.29 is 9.90 Å². The number of likely N-dealkylation sites (tertiary alicyclic amines) is 1. The number of amides is 1. The number of benzene rings is 1. The number of aliphatic hydroxyl groups is 1. The fourth-order valence-corrected chi connectivity index (χ4v) is 5.07. The quantitative estimate of drug-likeness (QED) is 0.467. The summed E-state index contributed by atoms with van der Waals surface area (Å²) in [7, 11) is -1.33. The van der Waals surface area contributed by atoms with E-state index >= 15 is 0 Å². The minimum atomic E-state index is -1.33. The molecule has 2 rings (SSSR count). The summed E-state index contributed by atoms with van der Waals surface area (Å²) in [6.45, 7) is 7.85. The molecule has 4 heteroatoms. The largest absolute Gasteiger partial charge is 0.374 e. The summed E-state index contributed by atoms with van der Waals surface area (Å²) in [5.41, 5.74) is 1.91. The van der Waals surface area contributed by atoms with E-state index in [1.165, 1.54) is 5.56 Å². The van der Waals surface area contributed by atoms with Crippen LogP contribution in [-0.4, -0.2) is 36.8 Å². The third kappa shape index (κ3) is 5.04. The maximum Gasteiger partial charge on any atom is 0.224 e. The number of unbranched alkanes of at least 4 members (excludes halogenated alkanes) is 1. The van der Waals surface area contributed by atoms with Crippen LogP contribution in [0.15, 0.2) is 42.5 Å². The van der Waals surface area contributed by atoms with Crippen molar-refractivity contribution in [1.82, 2.24) is 4.90 Å². The monoisotopic (exact) mass is 331 g/mol. The molecule has 126 valence electrons. The summed E-state index contributed by atoms with van der Waals surface area (Å²) >= 11 is 0. The van der Waals surface area contributed by atoms with Gasteiger partial charge in [-0.15, -0.1) is 0 Å². The van der Waals surface area contributed by atoms with E-state index in [4.69, 9.17) is 0 Å². The molecular weight excluding hydrogens is 302 g/mol. The molecule has 1 aliphatic heterocycles. The van der Waals surface area contributed by atoms with Crippen molar-refractivity contribution >= 4 is 14.0 Å². The Morgan fingerprint density at radius 1 is 1.30 bits per heavy atom. The Hall–Kier alpha value is -1.39. The second kappa shape index (κ2) is 7.93. The van der Waals surface area contributed by atoms with E-state index in [0.717, 1.165) is 12.8 Å². The van der Waals surface area contributed by atoms with Crippen LogP contribution in [0.4, 0.5) is 0 Å². The Kier molecular flexibility index (Phi) is 6.19. The summed E-state index contributed by atoms with van der Waals surface area (Å²) in [5.74, 6) is 0.0886. The van der Waals surface area contributed by atoms with E-state index in [9.17, 15) is 9.90 Å². The number of hydrogen-bond donors (Lipinski definition) is 1. The van der Waals surface area contributed by atoms with Crippen LogP contribution in [-0.2, 0) is 4.79 Å². The van der Waals surface area contributed by atoms with Gasteiger partial charge in [0.1, 0.15) is 6.23 Å². The summed E-state index contributed by atoms with van der Waals surface area (Å²) in [4.78, 5) is 13.2. The number of rotatable bonds is 7. The summed E-state index contributed by atoms with van der Waals surface area (Å²) in [6.07, 6.45) is 6.97. The van der Waals surface area contributed by atoms with Crippen LogP contribution in [0.3, 0.4) is 0 Å². The zero-order valence-corrected chi connectivity index (χ0v) is 15.5. The van der Waals surface area contributed by atoms with Crippen molar-refractivity contribution in [2.75, 3.05) is 6.54 Å². The van der Waals surface area contributed by atoms with Crippen molar-refractivity contribution in [3.8, 4) is 0 Å². The lowest BCUT2D eigenvalue weighted by Crippen LogP contribution is -2.33. The first-order chi connectivity index (χ1) is 10.9. The van der Waals surface area contributed by atoms with Crippen LogP contribution in [0.1, 0.15) is 36.8 Å².